The van der Waals surface area contributed by atoms with Crippen LogP contribution in [0.2, 0.25) is 0 Å². The van der Waals surface area contributed by atoms with Crippen LogP contribution in [0.3, 0.4) is 0 Å². The van der Waals surface area contributed by atoms with Crippen molar-refractivity contribution >= 4 is 10.0 Å². The molecule has 21 heavy (non-hydrogen) atoms. The molecule has 0 spiro atoms. The van der Waals surface area contributed by atoms with Gasteiger partial charge in [0, 0.05) is 19.6 Å². The Morgan fingerprint density at radius 1 is 1.33 bits per heavy atom. The van der Waals surface area contributed by atoms with Crippen LogP contribution < -0.4 is 0 Å². The highest BCUT2D eigenvalue weighted by atomic mass is 32.2. The van der Waals surface area contributed by atoms with Crippen molar-refractivity contribution in [3.8, 4) is 0 Å². The van der Waals surface area contributed by atoms with Gasteiger partial charge in [-0.05, 0) is 39.5 Å². The summed E-state index contributed by atoms with van der Waals surface area (Å²) < 4.78 is 27.5. The number of hydrogen-bond donors (Lipinski definition) is 1. The molecule has 0 saturated carbocycles. The van der Waals surface area contributed by atoms with Crippen molar-refractivity contribution in [2.75, 3.05) is 13.1 Å². The molecule has 2 heterocycles. The minimum Gasteiger partial charge on any atom is -0.387 e. The lowest BCUT2D eigenvalue weighted by Crippen LogP contribution is -2.42. The Morgan fingerprint density at radius 3 is 2.43 bits per heavy atom. The van der Waals surface area contributed by atoms with Gasteiger partial charge in [-0.25, -0.2) is 12.7 Å². The number of hydrogen-bond acceptors (Lipinski definition) is 5. The third-order valence-electron chi connectivity index (χ3n) is 3.96. The van der Waals surface area contributed by atoms with E-state index in [1.54, 1.807) is 36.0 Å². The number of aromatic nitrogens is 3. The van der Waals surface area contributed by atoms with E-state index in [9.17, 15) is 13.5 Å². The summed E-state index contributed by atoms with van der Waals surface area (Å²) in [5.74, 6) is 0.396. The van der Waals surface area contributed by atoms with Gasteiger partial charge in [0.15, 0.2) is 0 Å². The number of piperidine rings is 1. The number of sulfonamides is 1. The second-order valence-corrected chi connectivity index (χ2v) is 8.47. The number of rotatable bonds is 5. The van der Waals surface area contributed by atoms with Crippen molar-refractivity contribution < 1.29 is 13.5 Å². The van der Waals surface area contributed by atoms with Crippen LogP contribution in [-0.2, 0) is 16.6 Å². The van der Waals surface area contributed by atoms with E-state index >= 15 is 0 Å². The smallest absolute Gasteiger partial charge is 0.216 e. The van der Waals surface area contributed by atoms with Crippen molar-refractivity contribution in [1.82, 2.24) is 19.3 Å². The summed E-state index contributed by atoms with van der Waals surface area (Å²) in [4.78, 5) is 0. The van der Waals surface area contributed by atoms with Gasteiger partial charge < -0.3 is 5.11 Å². The van der Waals surface area contributed by atoms with Crippen molar-refractivity contribution in [2.24, 2.45) is 5.92 Å². The van der Waals surface area contributed by atoms with Crippen molar-refractivity contribution in [3.63, 3.8) is 0 Å². The summed E-state index contributed by atoms with van der Waals surface area (Å²) in [6.07, 6.45) is 2.80. The van der Waals surface area contributed by atoms with Crippen LogP contribution >= 0.6 is 0 Å². The van der Waals surface area contributed by atoms with Crippen LogP contribution in [-0.4, -0.2) is 51.2 Å². The van der Waals surface area contributed by atoms with E-state index in [1.165, 1.54) is 0 Å². The Morgan fingerprint density at radius 2 is 1.95 bits per heavy atom. The van der Waals surface area contributed by atoms with E-state index in [2.05, 4.69) is 10.3 Å². The van der Waals surface area contributed by atoms with Crippen LogP contribution in [0.4, 0.5) is 0 Å². The first-order valence-electron chi connectivity index (χ1n) is 7.37. The van der Waals surface area contributed by atoms with E-state index < -0.39 is 16.1 Å². The molecule has 8 heteroatoms. The molecule has 1 unspecified atom stereocenters. The predicted octanol–water partition coefficient (Wildman–Crippen LogP) is 0.782. The number of aliphatic hydroxyl groups is 1. The SMILES string of the molecule is CC(O)c1cn(CC2CCN(S(=O)(=O)C(C)C)CC2)nn1. The maximum absolute atomic E-state index is 12.1. The van der Waals surface area contributed by atoms with Crippen molar-refractivity contribution in [3.05, 3.63) is 11.9 Å². The summed E-state index contributed by atoms with van der Waals surface area (Å²) >= 11 is 0. The molecule has 1 aliphatic heterocycles. The number of nitrogens with zero attached hydrogens (tertiary/aromatic N) is 4. The monoisotopic (exact) mass is 316 g/mol. The molecular weight excluding hydrogens is 292 g/mol. The molecule has 0 radical (unpaired) electrons. The van der Waals surface area contributed by atoms with E-state index in [0.717, 1.165) is 19.4 Å². The zero-order valence-corrected chi connectivity index (χ0v) is 13.6. The van der Waals surface area contributed by atoms with Gasteiger partial charge in [-0.15, -0.1) is 5.10 Å². The molecule has 1 aromatic rings. The summed E-state index contributed by atoms with van der Waals surface area (Å²) in [5, 5.41) is 17.0. The molecule has 1 aliphatic rings. The molecule has 1 atom stereocenters. The normalized spacial score (nSPS) is 20.0. The van der Waals surface area contributed by atoms with Crippen molar-refractivity contribution in [1.29, 1.82) is 0 Å². The third-order valence-corrected chi connectivity index (χ3v) is 6.24. The summed E-state index contributed by atoms with van der Waals surface area (Å²) in [7, 11) is -3.14. The predicted molar refractivity (Wildman–Crippen MR) is 79.0 cm³/mol. The highest BCUT2D eigenvalue weighted by molar-refractivity contribution is 7.89. The Balaban J connectivity index is 1.89. The molecule has 0 aromatic carbocycles. The first kappa shape index (κ1) is 16.4. The lowest BCUT2D eigenvalue weighted by atomic mass is 9.98. The van der Waals surface area contributed by atoms with E-state index in [0.29, 0.717) is 24.7 Å². The Bertz CT molecular complexity index is 560. The fourth-order valence-corrected chi connectivity index (χ4v) is 3.82. The third kappa shape index (κ3) is 3.81. The highest BCUT2D eigenvalue weighted by Gasteiger charge is 2.30. The minimum atomic E-state index is -3.14. The van der Waals surface area contributed by atoms with Crippen LogP contribution in [0.5, 0.6) is 0 Å². The molecule has 7 nitrogen and oxygen atoms in total. The van der Waals surface area contributed by atoms with Crippen LogP contribution in [0.1, 0.15) is 45.4 Å². The maximum atomic E-state index is 12.1. The first-order chi connectivity index (χ1) is 9.80. The van der Waals surface area contributed by atoms with E-state index in [1.807, 2.05) is 0 Å². The molecule has 0 bridgehead atoms. The summed E-state index contributed by atoms with van der Waals surface area (Å²) in [5.41, 5.74) is 0.565. The molecule has 1 fully saturated rings. The lowest BCUT2D eigenvalue weighted by molar-refractivity contribution is 0.194. The fourth-order valence-electron chi connectivity index (χ4n) is 2.50. The highest BCUT2D eigenvalue weighted by Crippen LogP contribution is 2.23. The van der Waals surface area contributed by atoms with Gasteiger partial charge in [0.2, 0.25) is 10.0 Å². The van der Waals surface area contributed by atoms with Crippen LogP contribution in [0.25, 0.3) is 0 Å². The Hall–Kier alpha value is -0.990. The largest absolute Gasteiger partial charge is 0.387 e. The Kier molecular flexibility index (Phi) is 5.00. The lowest BCUT2D eigenvalue weighted by Gasteiger charge is -2.32. The van der Waals surface area contributed by atoms with Gasteiger partial charge in [0.25, 0.3) is 0 Å². The fraction of sp³-hybridized carbons (Fsp3) is 0.846. The average molecular weight is 316 g/mol. The van der Waals surface area contributed by atoms with E-state index in [-0.39, 0.29) is 5.25 Å². The van der Waals surface area contributed by atoms with Crippen LogP contribution in [0, 0.1) is 5.92 Å². The summed E-state index contributed by atoms with van der Waals surface area (Å²) in [6.45, 7) is 6.95. The first-order valence-corrected chi connectivity index (χ1v) is 8.88. The quantitative estimate of drug-likeness (QED) is 0.867. The van der Waals surface area contributed by atoms with Crippen molar-refractivity contribution in [2.45, 2.75) is 51.5 Å². The molecule has 0 aliphatic carbocycles. The van der Waals surface area contributed by atoms with Gasteiger partial charge >= 0.3 is 0 Å². The number of aliphatic hydroxyl groups excluding tert-OH is 1. The zero-order valence-electron chi connectivity index (χ0n) is 12.8. The second kappa shape index (κ2) is 6.41. The zero-order chi connectivity index (χ0) is 15.6. The van der Waals surface area contributed by atoms with Crippen LogP contribution in [0.15, 0.2) is 6.20 Å². The molecule has 1 N–H and O–H groups in total. The molecule has 0 amide bonds. The molecule has 2 rings (SSSR count). The van der Waals surface area contributed by atoms with Gasteiger partial charge in [-0.3, -0.25) is 4.68 Å². The standard InChI is InChI=1S/C13H24N4O3S/c1-10(2)21(19,20)17-6-4-12(5-7-17)8-16-9-13(11(3)18)14-15-16/h9-12,18H,4-8H2,1-3H3. The average Bonchev–Trinajstić information content (AvgIpc) is 2.88. The Labute approximate surface area is 126 Å². The minimum absolute atomic E-state index is 0.363. The maximum Gasteiger partial charge on any atom is 0.216 e. The molecule has 1 saturated heterocycles. The van der Waals surface area contributed by atoms with Gasteiger partial charge in [-0.2, -0.15) is 0 Å². The van der Waals surface area contributed by atoms with Gasteiger partial charge in [0.1, 0.15) is 5.69 Å². The molecular formula is C13H24N4O3S. The second-order valence-electron chi connectivity index (χ2n) is 5.98. The topological polar surface area (TPSA) is 88.3 Å². The summed E-state index contributed by atoms with van der Waals surface area (Å²) in [6, 6.07) is 0. The van der Waals surface area contributed by atoms with E-state index in [4.69, 9.17) is 0 Å². The van der Waals surface area contributed by atoms with Gasteiger partial charge in [0.05, 0.1) is 17.6 Å². The van der Waals surface area contributed by atoms with Gasteiger partial charge in [-0.1, -0.05) is 5.21 Å². The molecule has 1 aromatic heterocycles. The molecule has 120 valence electrons.